The highest BCUT2D eigenvalue weighted by atomic mass is 16.5. The van der Waals surface area contributed by atoms with E-state index in [0.29, 0.717) is 50.4 Å². The summed E-state index contributed by atoms with van der Waals surface area (Å²) in [5.74, 6) is 1.16. The molecule has 26 heavy (non-hydrogen) atoms. The first kappa shape index (κ1) is 19.8. The molecule has 0 aliphatic carbocycles. The minimum absolute atomic E-state index is 0.0548. The molecule has 144 valence electrons. The maximum atomic E-state index is 11.9. The van der Waals surface area contributed by atoms with Gasteiger partial charge in [-0.3, -0.25) is 9.59 Å². The van der Waals surface area contributed by atoms with E-state index in [1.54, 1.807) is 4.90 Å². The van der Waals surface area contributed by atoms with Gasteiger partial charge >= 0.3 is 0 Å². The van der Waals surface area contributed by atoms with Gasteiger partial charge in [0.15, 0.2) is 5.82 Å². The number of hydrogen-bond acceptors (Lipinski definition) is 8. The number of ether oxygens (including phenoxy) is 1. The van der Waals surface area contributed by atoms with Crippen molar-refractivity contribution >= 4 is 23.7 Å². The number of aromatic nitrogens is 3. The Labute approximate surface area is 153 Å². The Bertz CT molecular complexity index is 618. The Morgan fingerprint density at radius 2 is 1.85 bits per heavy atom. The van der Waals surface area contributed by atoms with Crippen molar-refractivity contribution in [3.8, 4) is 0 Å². The molecule has 0 spiro atoms. The summed E-state index contributed by atoms with van der Waals surface area (Å²) in [6, 6.07) is 0. The predicted molar refractivity (Wildman–Crippen MR) is 97.0 cm³/mol. The Morgan fingerprint density at radius 1 is 1.12 bits per heavy atom. The molecule has 0 atom stereocenters. The first-order valence-electron chi connectivity index (χ1n) is 8.78. The second-order valence-corrected chi connectivity index (χ2v) is 6.15. The van der Waals surface area contributed by atoms with Crippen LogP contribution in [0.1, 0.15) is 25.6 Å². The van der Waals surface area contributed by atoms with Crippen molar-refractivity contribution in [2.24, 2.45) is 0 Å². The summed E-state index contributed by atoms with van der Waals surface area (Å²) in [6.45, 7) is 4.72. The highest BCUT2D eigenvalue weighted by Crippen LogP contribution is 2.14. The number of anilines is 2. The van der Waals surface area contributed by atoms with E-state index in [2.05, 4.69) is 25.6 Å². The van der Waals surface area contributed by atoms with Gasteiger partial charge < -0.3 is 25.2 Å². The van der Waals surface area contributed by atoms with Gasteiger partial charge in [0, 0.05) is 33.6 Å². The largest absolute Gasteiger partial charge is 0.378 e. The number of amides is 2. The molecule has 1 saturated heterocycles. The molecule has 10 nitrogen and oxygen atoms in total. The molecule has 10 heteroatoms. The van der Waals surface area contributed by atoms with Gasteiger partial charge in [-0.05, 0) is 6.42 Å². The summed E-state index contributed by atoms with van der Waals surface area (Å²) in [6.07, 6.45) is 1.16. The molecule has 1 aromatic heterocycles. The van der Waals surface area contributed by atoms with Crippen LogP contribution in [0.25, 0.3) is 0 Å². The quantitative estimate of drug-likeness (QED) is 0.622. The Hall–Kier alpha value is -2.49. The average Bonchev–Trinajstić information content (AvgIpc) is 2.65. The average molecular weight is 365 g/mol. The third kappa shape index (κ3) is 6.10. The number of morpholine rings is 1. The number of carbonyl (C=O) groups excluding carboxylic acids is 2. The molecule has 0 bridgehead atoms. The van der Waals surface area contributed by atoms with Crippen LogP contribution in [0.3, 0.4) is 0 Å². The maximum Gasteiger partial charge on any atom is 0.239 e. The van der Waals surface area contributed by atoms with Gasteiger partial charge in [0.05, 0.1) is 26.3 Å². The summed E-state index contributed by atoms with van der Waals surface area (Å²) in [7, 11) is 3.70. The van der Waals surface area contributed by atoms with E-state index >= 15 is 0 Å². The lowest BCUT2D eigenvalue weighted by Gasteiger charge is -2.27. The van der Waals surface area contributed by atoms with Gasteiger partial charge in [-0.25, -0.2) is 0 Å². The van der Waals surface area contributed by atoms with Crippen molar-refractivity contribution in [3.05, 3.63) is 5.82 Å². The Morgan fingerprint density at radius 3 is 2.50 bits per heavy atom. The van der Waals surface area contributed by atoms with Crippen LogP contribution in [-0.2, 0) is 20.9 Å². The van der Waals surface area contributed by atoms with Crippen molar-refractivity contribution < 1.29 is 14.3 Å². The van der Waals surface area contributed by atoms with E-state index in [-0.39, 0.29) is 24.9 Å². The van der Waals surface area contributed by atoms with E-state index in [9.17, 15) is 9.59 Å². The number of nitrogens with zero attached hydrogens (tertiary/aromatic N) is 5. The zero-order valence-electron chi connectivity index (χ0n) is 15.6. The normalized spacial score (nSPS) is 14.0. The monoisotopic (exact) mass is 365 g/mol. The molecule has 0 radical (unpaired) electrons. The van der Waals surface area contributed by atoms with Crippen LogP contribution >= 0.6 is 0 Å². The second kappa shape index (κ2) is 9.85. The molecule has 1 aliphatic rings. The van der Waals surface area contributed by atoms with E-state index in [1.165, 1.54) is 0 Å². The summed E-state index contributed by atoms with van der Waals surface area (Å²) >= 11 is 0. The molecule has 2 N–H and O–H groups in total. The fourth-order valence-corrected chi connectivity index (χ4v) is 2.31. The molecule has 0 saturated carbocycles. The summed E-state index contributed by atoms with van der Waals surface area (Å²) in [4.78, 5) is 40.4. The fraction of sp³-hybridized carbons (Fsp3) is 0.688. The molecule has 2 rings (SSSR count). The zero-order valence-corrected chi connectivity index (χ0v) is 15.6. The second-order valence-electron chi connectivity index (χ2n) is 6.15. The SMILES string of the molecule is CCCC(=O)NCC(=O)NCc1nc(N(C)C)nc(N2CCOCC2)n1. The molecule has 1 fully saturated rings. The summed E-state index contributed by atoms with van der Waals surface area (Å²) in [5.41, 5.74) is 0. The van der Waals surface area contributed by atoms with E-state index in [0.717, 1.165) is 6.42 Å². The molecule has 0 aromatic carbocycles. The third-order valence-electron chi connectivity index (χ3n) is 3.72. The predicted octanol–water partition coefficient (Wildman–Crippen LogP) is -0.693. The van der Waals surface area contributed by atoms with Gasteiger partial charge in [0.1, 0.15) is 0 Å². The molecular weight excluding hydrogens is 338 g/mol. The molecule has 1 aromatic rings. The van der Waals surface area contributed by atoms with Crippen molar-refractivity contribution in [1.82, 2.24) is 25.6 Å². The maximum absolute atomic E-state index is 11.9. The highest BCUT2D eigenvalue weighted by Gasteiger charge is 2.17. The van der Waals surface area contributed by atoms with Crippen molar-refractivity contribution in [2.45, 2.75) is 26.3 Å². The van der Waals surface area contributed by atoms with Crippen molar-refractivity contribution in [1.29, 1.82) is 0 Å². The molecule has 2 heterocycles. The van der Waals surface area contributed by atoms with Gasteiger partial charge in [0.25, 0.3) is 0 Å². The van der Waals surface area contributed by atoms with Crippen molar-refractivity contribution in [2.75, 3.05) is 56.7 Å². The first-order chi connectivity index (χ1) is 12.5. The topological polar surface area (TPSA) is 113 Å². The smallest absolute Gasteiger partial charge is 0.239 e. The lowest BCUT2D eigenvalue weighted by Crippen LogP contribution is -2.39. The number of nitrogens with one attached hydrogen (secondary N) is 2. The van der Waals surface area contributed by atoms with E-state index in [1.807, 2.05) is 25.9 Å². The van der Waals surface area contributed by atoms with Gasteiger partial charge in [-0.2, -0.15) is 15.0 Å². The van der Waals surface area contributed by atoms with Crippen LogP contribution in [-0.4, -0.2) is 73.7 Å². The minimum Gasteiger partial charge on any atom is -0.378 e. The molecule has 0 unspecified atom stereocenters. The molecule has 1 aliphatic heterocycles. The van der Waals surface area contributed by atoms with Crippen LogP contribution in [0.4, 0.5) is 11.9 Å². The lowest BCUT2D eigenvalue weighted by molar-refractivity contribution is -0.126. The number of carbonyl (C=O) groups is 2. The molecular formula is C16H27N7O3. The van der Waals surface area contributed by atoms with E-state index < -0.39 is 0 Å². The van der Waals surface area contributed by atoms with Crippen LogP contribution in [0.15, 0.2) is 0 Å². The van der Waals surface area contributed by atoms with Crippen molar-refractivity contribution in [3.63, 3.8) is 0 Å². The zero-order chi connectivity index (χ0) is 18.9. The molecule has 2 amide bonds. The van der Waals surface area contributed by atoms with Gasteiger partial charge in [-0.1, -0.05) is 6.92 Å². The van der Waals surface area contributed by atoms with Gasteiger partial charge in [0.2, 0.25) is 23.7 Å². The third-order valence-corrected chi connectivity index (χ3v) is 3.72. The van der Waals surface area contributed by atoms with Crippen LogP contribution in [0.5, 0.6) is 0 Å². The number of hydrogen-bond donors (Lipinski definition) is 2. The highest BCUT2D eigenvalue weighted by molar-refractivity contribution is 5.84. The standard InChI is InChI=1S/C16H27N7O3/c1-4-5-13(24)18-11-14(25)17-10-12-19-15(22(2)3)21-16(20-12)23-6-8-26-9-7-23/h4-11H2,1-3H3,(H,17,25)(H,18,24). The summed E-state index contributed by atoms with van der Waals surface area (Å²) in [5, 5.41) is 5.30. The fourth-order valence-electron chi connectivity index (χ4n) is 2.31. The van der Waals surface area contributed by atoms with Crippen LogP contribution in [0, 0.1) is 0 Å². The van der Waals surface area contributed by atoms with Gasteiger partial charge in [-0.15, -0.1) is 0 Å². The summed E-state index contributed by atoms with van der Waals surface area (Å²) < 4.78 is 5.36. The van der Waals surface area contributed by atoms with E-state index in [4.69, 9.17) is 4.74 Å². The minimum atomic E-state index is -0.283. The lowest BCUT2D eigenvalue weighted by atomic mass is 10.3. The van der Waals surface area contributed by atoms with Crippen LogP contribution in [0.2, 0.25) is 0 Å². The van der Waals surface area contributed by atoms with Crippen LogP contribution < -0.4 is 20.4 Å². The Balaban J connectivity index is 1.97. The Kier molecular flexibility index (Phi) is 7.52. The first-order valence-corrected chi connectivity index (χ1v) is 8.78. The number of rotatable bonds is 8.